The van der Waals surface area contributed by atoms with Crippen molar-refractivity contribution in [1.29, 1.82) is 0 Å². The second kappa shape index (κ2) is 6.10. The summed E-state index contributed by atoms with van der Waals surface area (Å²) in [4.78, 5) is 0. The highest BCUT2D eigenvalue weighted by molar-refractivity contribution is 6.28. The van der Waals surface area contributed by atoms with E-state index < -0.39 is 6.10 Å². The molecule has 0 aliphatic rings. The Kier molecular flexibility index (Phi) is 4.47. The van der Waals surface area contributed by atoms with Gasteiger partial charge in [0.25, 0.3) is 0 Å². The summed E-state index contributed by atoms with van der Waals surface area (Å²) in [5, 5.41) is 10.6. The summed E-state index contributed by atoms with van der Waals surface area (Å²) < 4.78 is 10.3. The topological polar surface area (TPSA) is 68.6 Å². The summed E-state index contributed by atoms with van der Waals surface area (Å²) in [6, 6.07) is 10.7. The maximum Gasteiger partial charge on any atom is 0.193 e. The number of nitrogens with two attached hydrogens (primary N) is 1. The molecule has 0 spiro atoms. The summed E-state index contributed by atoms with van der Waals surface area (Å²) >= 11 is 5.71. The normalized spacial score (nSPS) is 14.1. The van der Waals surface area contributed by atoms with E-state index in [0.29, 0.717) is 12.3 Å². The first-order valence-electron chi connectivity index (χ1n) is 5.93. The summed E-state index contributed by atoms with van der Waals surface area (Å²) in [5.41, 5.74) is 6.67. The number of furan rings is 1. The molecule has 0 bridgehead atoms. The van der Waals surface area contributed by atoms with Crippen molar-refractivity contribution < 1.29 is 14.3 Å². The van der Waals surface area contributed by atoms with E-state index in [1.54, 1.807) is 19.2 Å². The van der Waals surface area contributed by atoms with Gasteiger partial charge in [0, 0.05) is 12.5 Å². The van der Waals surface area contributed by atoms with E-state index in [-0.39, 0.29) is 11.1 Å². The average molecular weight is 282 g/mol. The van der Waals surface area contributed by atoms with E-state index in [1.165, 1.54) is 0 Å². The van der Waals surface area contributed by atoms with Gasteiger partial charge in [0.05, 0.1) is 7.11 Å². The maximum absolute atomic E-state index is 10.3. The zero-order valence-corrected chi connectivity index (χ0v) is 11.3. The van der Waals surface area contributed by atoms with Gasteiger partial charge in [-0.2, -0.15) is 0 Å². The molecule has 0 saturated heterocycles. The lowest BCUT2D eigenvalue weighted by atomic mass is 9.92. The number of aliphatic hydroxyl groups is 1. The van der Waals surface area contributed by atoms with Gasteiger partial charge in [0.1, 0.15) is 17.6 Å². The number of ether oxygens (including phenoxy) is 1. The van der Waals surface area contributed by atoms with Crippen molar-refractivity contribution in [3.63, 3.8) is 0 Å². The minimum Gasteiger partial charge on any atom is -0.497 e. The van der Waals surface area contributed by atoms with Gasteiger partial charge in [-0.15, -0.1) is 0 Å². The molecule has 102 valence electrons. The van der Waals surface area contributed by atoms with Gasteiger partial charge < -0.3 is 20.0 Å². The van der Waals surface area contributed by atoms with Crippen molar-refractivity contribution in [2.45, 2.75) is 12.0 Å². The summed E-state index contributed by atoms with van der Waals surface area (Å²) in [6.07, 6.45) is -0.828. The molecule has 2 rings (SSSR count). The number of rotatable bonds is 5. The van der Waals surface area contributed by atoms with Crippen LogP contribution >= 0.6 is 11.6 Å². The first-order valence-corrected chi connectivity index (χ1v) is 6.30. The molecule has 2 atom stereocenters. The number of halogens is 1. The predicted octanol–water partition coefficient (Wildman–Crippen LogP) is 2.72. The van der Waals surface area contributed by atoms with Crippen LogP contribution in [0.3, 0.4) is 0 Å². The molecule has 0 amide bonds. The molecule has 0 radical (unpaired) electrons. The number of hydrogen-bond acceptors (Lipinski definition) is 4. The quantitative estimate of drug-likeness (QED) is 0.884. The third-order valence-corrected chi connectivity index (χ3v) is 3.27. The molecule has 0 aliphatic heterocycles. The Bertz CT molecular complexity index is 524. The van der Waals surface area contributed by atoms with Gasteiger partial charge in [0.2, 0.25) is 0 Å². The smallest absolute Gasteiger partial charge is 0.193 e. The second-order valence-electron chi connectivity index (χ2n) is 4.20. The van der Waals surface area contributed by atoms with Crippen molar-refractivity contribution in [3.05, 3.63) is 52.9 Å². The Morgan fingerprint density at radius 2 is 1.95 bits per heavy atom. The fraction of sp³-hybridized carbons (Fsp3) is 0.286. The van der Waals surface area contributed by atoms with Gasteiger partial charge in [-0.3, -0.25) is 0 Å². The lowest BCUT2D eigenvalue weighted by molar-refractivity contribution is 0.122. The van der Waals surface area contributed by atoms with Crippen LogP contribution in [0.1, 0.15) is 23.3 Å². The summed E-state index contributed by atoms with van der Waals surface area (Å²) in [5.74, 6) is 0.916. The van der Waals surface area contributed by atoms with Crippen LogP contribution in [0.15, 0.2) is 40.8 Å². The van der Waals surface area contributed by atoms with E-state index >= 15 is 0 Å². The van der Waals surface area contributed by atoms with Gasteiger partial charge >= 0.3 is 0 Å². The van der Waals surface area contributed by atoms with Crippen LogP contribution in [0.5, 0.6) is 5.75 Å². The number of methoxy groups -OCH3 is 1. The highest BCUT2D eigenvalue weighted by Crippen LogP contribution is 2.32. The van der Waals surface area contributed by atoms with Gasteiger partial charge in [-0.1, -0.05) is 12.1 Å². The molecule has 1 aromatic carbocycles. The predicted molar refractivity (Wildman–Crippen MR) is 73.5 cm³/mol. The van der Waals surface area contributed by atoms with Crippen molar-refractivity contribution in [1.82, 2.24) is 0 Å². The van der Waals surface area contributed by atoms with E-state index in [4.69, 9.17) is 26.5 Å². The van der Waals surface area contributed by atoms with E-state index in [2.05, 4.69) is 0 Å². The maximum atomic E-state index is 10.3. The van der Waals surface area contributed by atoms with Gasteiger partial charge in [-0.05, 0) is 41.4 Å². The average Bonchev–Trinajstić information content (AvgIpc) is 2.87. The molecule has 5 heteroatoms. The lowest BCUT2D eigenvalue weighted by Gasteiger charge is -2.20. The monoisotopic (exact) mass is 281 g/mol. The Balaban J connectivity index is 2.23. The van der Waals surface area contributed by atoms with Crippen molar-refractivity contribution in [2.24, 2.45) is 5.73 Å². The van der Waals surface area contributed by atoms with Crippen molar-refractivity contribution in [2.75, 3.05) is 13.7 Å². The van der Waals surface area contributed by atoms with Crippen molar-refractivity contribution in [3.8, 4) is 5.75 Å². The zero-order chi connectivity index (χ0) is 13.8. The van der Waals surface area contributed by atoms with Crippen LogP contribution in [0.25, 0.3) is 0 Å². The van der Waals surface area contributed by atoms with Gasteiger partial charge in [-0.25, -0.2) is 0 Å². The number of hydrogen-bond donors (Lipinski definition) is 2. The Morgan fingerprint density at radius 3 is 2.42 bits per heavy atom. The highest BCUT2D eigenvalue weighted by atomic mass is 35.5. The van der Waals surface area contributed by atoms with Crippen LogP contribution in [0.4, 0.5) is 0 Å². The highest BCUT2D eigenvalue weighted by Gasteiger charge is 2.24. The van der Waals surface area contributed by atoms with Crippen LogP contribution < -0.4 is 10.5 Å². The fourth-order valence-electron chi connectivity index (χ4n) is 1.98. The van der Waals surface area contributed by atoms with Crippen LogP contribution in [-0.2, 0) is 0 Å². The SMILES string of the molecule is COc1ccc(C(CN)C(O)c2ccc(Cl)o2)cc1. The molecule has 19 heavy (non-hydrogen) atoms. The fourth-order valence-corrected chi connectivity index (χ4v) is 2.14. The Labute approximate surface area is 116 Å². The molecular formula is C14H16ClNO3. The van der Waals surface area contributed by atoms with E-state index in [1.807, 2.05) is 24.3 Å². The minimum absolute atomic E-state index is 0.250. The molecule has 0 saturated carbocycles. The number of benzene rings is 1. The molecule has 2 aromatic rings. The first kappa shape index (κ1) is 13.9. The van der Waals surface area contributed by atoms with Crippen LogP contribution in [-0.4, -0.2) is 18.8 Å². The third kappa shape index (κ3) is 3.10. The zero-order valence-electron chi connectivity index (χ0n) is 10.5. The summed E-state index contributed by atoms with van der Waals surface area (Å²) in [6.45, 7) is 0.297. The summed E-state index contributed by atoms with van der Waals surface area (Å²) in [7, 11) is 1.61. The molecular weight excluding hydrogens is 266 g/mol. The molecule has 4 nitrogen and oxygen atoms in total. The third-order valence-electron chi connectivity index (χ3n) is 3.06. The van der Waals surface area contributed by atoms with Crippen LogP contribution in [0.2, 0.25) is 5.22 Å². The Morgan fingerprint density at radius 1 is 1.26 bits per heavy atom. The molecule has 1 aromatic heterocycles. The molecule has 1 heterocycles. The first-order chi connectivity index (χ1) is 9.15. The standard InChI is InChI=1S/C14H16ClNO3/c1-18-10-4-2-9(3-5-10)11(8-16)14(17)12-6-7-13(15)19-12/h2-7,11,14,17H,8,16H2,1H3. The van der Waals surface area contributed by atoms with Crippen molar-refractivity contribution >= 4 is 11.6 Å². The van der Waals surface area contributed by atoms with E-state index in [0.717, 1.165) is 11.3 Å². The molecule has 2 unspecified atom stereocenters. The minimum atomic E-state index is -0.828. The van der Waals surface area contributed by atoms with Crippen LogP contribution in [0, 0.1) is 0 Å². The molecule has 3 N–H and O–H groups in total. The van der Waals surface area contributed by atoms with E-state index in [9.17, 15) is 5.11 Å². The number of aliphatic hydroxyl groups excluding tert-OH is 1. The molecule has 0 aliphatic carbocycles. The Hall–Kier alpha value is -1.49. The molecule has 0 fully saturated rings. The largest absolute Gasteiger partial charge is 0.497 e. The second-order valence-corrected chi connectivity index (χ2v) is 4.57. The van der Waals surface area contributed by atoms with Gasteiger partial charge in [0.15, 0.2) is 5.22 Å². The lowest BCUT2D eigenvalue weighted by Crippen LogP contribution is -2.19.